The summed E-state index contributed by atoms with van der Waals surface area (Å²) >= 11 is 2.78. The fourth-order valence-electron chi connectivity index (χ4n) is 5.89. The molecule has 0 spiro atoms. The number of aliphatic hydroxyl groups is 2. The molecule has 0 unspecified atom stereocenters. The van der Waals surface area contributed by atoms with Gasteiger partial charge >= 0.3 is 0 Å². The molecule has 14 nitrogen and oxygen atoms in total. The highest BCUT2D eigenvalue weighted by atomic mass is 32.1. The van der Waals surface area contributed by atoms with Crippen molar-refractivity contribution in [3.05, 3.63) is 58.1 Å². The van der Waals surface area contributed by atoms with E-state index in [9.17, 15) is 19.8 Å². The van der Waals surface area contributed by atoms with E-state index < -0.39 is 0 Å². The van der Waals surface area contributed by atoms with Gasteiger partial charge in [0.2, 0.25) is 22.1 Å². The summed E-state index contributed by atoms with van der Waals surface area (Å²) in [4.78, 5) is 38.2. The molecule has 2 saturated heterocycles. The molecule has 4 N–H and O–H groups in total. The average molecular weight is 679 g/mol. The Bertz CT molecular complexity index is 1660. The van der Waals surface area contributed by atoms with Crippen molar-refractivity contribution >= 4 is 56.7 Å². The first-order valence-corrected chi connectivity index (χ1v) is 17.3. The van der Waals surface area contributed by atoms with Gasteiger partial charge in [0, 0.05) is 61.8 Å². The van der Waals surface area contributed by atoms with Gasteiger partial charge in [-0.2, -0.15) is 0 Å². The number of nitrogens with one attached hydrogen (secondary N) is 2. The molecule has 47 heavy (non-hydrogen) atoms. The monoisotopic (exact) mass is 678 g/mol. The van der Waals surface area contributed by atoms with Crippen LogP contribution in [0.2, 0.25) is 0 Å². The van der Waals surface area contributed by atoms with Crippen molar-refractivity contribution in [1.82, 2.24) is 30.3 Å². The maximum absolute atomic E-state index is 12.8. The normalized spacial score (nSPS) is 20.6. The third kappa shape index (κ3) is 8.43. The highest BCUT2D eigenvalue weighted by Gasteiger charge is 2.30. The largest absolute Gasteiger partial charge is 0.389 e. The van der Waals surface area contributed by atoms with Crippen molar-refractivity contribution in [1.29, 1.82) is 0 Å². The van der Waals surface area contributed by atoms with Crippen LogP contribution in [0.3, 0.4) is 0 Å². The summed E-state index contributed by atoms with van der Waals surface area (Å²) in [6.45, 7) is 8.03. The Balaban J connectivity index is 0.997. The van der Waals surface area contributed by atoms with Crippen LogP contribution in [0.4, 0.5) is 16.0 Å². The number of aromatic nitrogens is 5. The number of allylic oxidation sites excluding steroid dienone is 1. The zero-order valence-electron chi connectivity index (χ0n) is 26.1. The second kappa shape index (κ2) is 14.8. The average Bonchev–Trinajstić information content (AvgIpc) is 3.68. The molecule has 5 heterocycles. The standard InChI is InChI=1S/C31H38N10O4S2/c1-3-32-21(9-18(2)40-14-24(42)15-40)12-26(44)34-30-38-36-28(46-30)19-5-4-6-20(10-19)29-37-39-31(47-29)35-27(45)13-22-11-23(7-8-33-22)41-16-25(43)17-41/h3,7-9,11,19-20,24-25,42-43H,2,4-6,10,12-17H2,1H3,(H,34,38,44)(H,35,39,45)/b21-9-,32-3?/t19-,20-/m0/s1. The molecule has 6 rings (SSSR count). The first-order valence-electron chi connectivity index (χ1n) is 15.7. The summed E-state index contributed by atoms with van der Waals surface area (Å²) in [7, 11) is 0. The fourth-order valence-corrected chi connectivity index (χ4v) is 7.71. The molecule has 248 valence electrons. The van der Waals surface area contributed by atoms with Crippen LogP contribution in [0.25, 0.3) is 0 Å². The van der Waals surface area contributed by atoms with Crippen molar-refractivity contribution in [3.8, 4) is 0 Å². The Kier molecular flexibility index (Phi) is 10.3. The molecule has 2 amide bonds. The van der Waals surface area contributed by atoms with Gasteiger partial charge in [-0.1, -0.05) is 35.7 Å². The number of carbonyl (C=O) groups is 2. The van der Waals surface area contributed by atoms with Gasteiger partial charge < -0.3 is 30.6 Å². The number of pyridine rings is 1. The predicted molar refractivity (Wildman–Crippen MR) is 181 cm³/mol. The lowest BCUT2D eigenvalue weighted by Gasteiger charge is -2.38. The second-order valence-corrected chi connectivity index (χ2v) is 14.1. The zero-order valence-corrected chi connectivity index (χ0v) is 27.7. The Labute approximate surface area is 280 Å². The smallest absolute Gasteiger partial charge is 0.232 e. The van der Waals surface area contributed by atoms with Gasteiger partial charge in [-0.15, -0.1) is 20.4 Å². The topological polar surface area (TPSA) is 182 Å². The summed E-state index contributed by atoms with van der Waals surface area (Å²) in [6, 6.07) is 3.75. The van der Waals surface area contributed by atoms with Crippen LogP contribution in [0, 0.1) is 0 Å². The third-order valence-electron chi connectivity index (χ3n) is 8.35. The van der Waals surface area contributed by atoms with E-state index in [4.69, 9.17) is 0 Å². The molecule has 16 heteroatoms. The van der Waals surface area contributed by atoms with Crippen LogP contribution in [-0.4, -0.2) is 96.9 Å². The van der Waals surface area contributed by atoms with Crippen molar-refractivity contribution in [2.45, 2.75) is 69.5 Å². The number of hydrogen-bond acceptors (Lipinski definition) is 14. The number of carbonyl (C=O) groups excluding carboxylic acids is 2. The van der Waals surface area contributed by atoms with Crippen molar-refractivity contribution in [3.63, 3.8) is 0 Å². The molecule has 3 fully saturated rings. The lowest BCUT2D eigenvalue weighted by atomic mass is 9.82. The molecule has 2 aliphatic heterocycles. The number of nitrogens with zero attached hydrogens (tertiary/aromatic N) is 8. The highest BCUT2D eigenvalue weighted by Crippen LogP contribution is 2.43. The molecule has 3 aromatic heterocycles. The first-order chi connectivity index (χ1) is 22.7. The van der Waals surface area contributed by atoms with E-state index >= 15 is 0 Å². The molecule has 2 atom stereocenters. The predicted octanol–water partition coefficient (Wildman–Crippen LogP) is 3.08. The van der Waals surface area contributed by atoms with E-state index in [0.717, 1.165) is 41.4 Å². The zero-order chi connectivity index (χ0) is 32.9. The van der Waals surface area contributed by atoms with Gasteiger partial charge in [0.15, 0.2) is 0 Å². The molecule has 3 aliphatic rings. The molecular formula is C31H38N10O4S2. The molecular weight excluding hydrogens is 641 g/mol. The van der Waals surface area contributed by atoms with E-state index in [1.165, 1.54) is 22.7 Å². The van der Waals surface area contributed by atoms with Crippen LogP contribution in [-0.2, 0) is 16.0 Å². The van der Waals surface area contributed by atoms with Crippen LogP contribution in [0.1, 0.15) is 66.6 Å². The molecule has 0 aromatic carbocycles. The lowest BCUT2D eigenvalue weighted by Crippen LogP contribution is -2.50. The Morgan fingerprint density at radius 1 is 1.00 bits per heavy atom. The van der Waals surface area contributed by atoms with Gasteiger partial charge in [-0.25, -0.2) is 0 Å². The van der Waals surface area contributed by atoms with E-state index in [1.54, 1.807) is 25.4 Å². The summed E-state index contributed by atoms with van der Waals surface area (Å²) in [5, 5.41) is 44.8. The SMILES string of the molecule is C=C(/C=C(/CC(=O)Nc1nnc([C@H]2CCC[C@H](c3nnc(NC(=O)Cc4cc(N5CC(O)C5)ccn4)s3)C2)s1)N=CC)N1CC(O)C1. The number of likely N-dealkylation sites (tertiary alicyclic amines) is 1. The Morgan fingerprint density at radius 2 is 1.64 bits per heavy atom. The van der Waals surface area contributed by atoms with E-state index in [0.29, 0.717) is 53.5 Å². The van der Waals surface area contributed by atoms with Crippen LogP contribution in [0.15, 0.2) is 47.4 Å². The molecule has 0 bridgehead atoms. The van der Waals surface area contributed by atoms with Gasteiger partial charge in [-0.3, -0.25) is 19.6 Å². The summed E-state index contributed by atoms with van der Waals surface area (Å²) < 4.78 is 0. The van der Waals surface area contributed by atoms with Crippen LogP contribution >= 0.6 is 22.7 Å². The fraction of sp³-hybridized carbons (Fsp3) is 0.484. The maximum Gasteiger partial charge on any atom is 0.232 e. The first kappa shape index (κ1) is 32.8. The molecule has 1 saturated carbocycles. The van der Waals surface area contributed by atoms with Crippen LogP contribution < -0.4 is 15.5 Å². The number of anilines is 3. The van der Waals surface area contributed by atoms with Gasteiger partial charge in [-0.05, 0) is 44.4 Å². The van der Waals surface area contributed by atoms with E-state index in [-0.39, 0.29) is 48.7 Å². The molecule has 3 aromatic rings. The lowest BCUT2D eigenvalue weighted by molar-refractivity contribution is -0.116. The summed E-state index contributed by atoms with van der Waals surface area (Å²) in [5.41, 5.74) is 2.87. The summed E-state index contributed by atoms with van der Waals surface area (Å²) in [5.74, 6) is -0.0919. The number of hydrogen-bond donors (Lipinski definition) is 4. The minimum atomic E-state index is -0.346. The number of aliphatic hydroxyl groups excluding tert-OH is 2. The number of amides is 2. The highest BCUT2D eigenvalue weighted by molar-refractivity contribution is 7.15. The number of aliphatic imine (C=N–C) groups is 1. The van der Waals surface area contributed by atoms with Gasteiger partial charge in [0.1, 0.15) is 10.0 Å². The quantitative estimate of drug-likeness (QED) is 0.163. The Hall–Kier alpha value is -4.12. The Morgan fingerprint density at radius 3 is 2.26 bits per heavy atom. The van der Waals surface area contributed by atoms with Crippen molar-refractivity contribution in [2.75, 3.05) is 41.7 Å². The maximum atomic E-state index is 12.8. The van der Waals surface area contributed by atoms with Crippen molar-refractivity contribution in [2.24, 2.45) is 4.99 Å². The van der Waals surface area contributed by atoms with E-state index in [1.807, 2.05) is 21.9 Å². The number of rotatable bonds is 12. The molecule has 1 aliphatic carbocycles. The second-order valence-electron chi connectivity index (χ2n) is 12.0. The van der Waals surface area contributed by atoms with Gasteiger partial charge in [0.05, 0.1) is 36.4 Å². The number of β-amino-alcohol motifs (C(OH)–C–C–N with tert-alkyl or cyclic N) is 2. The van der Waals surface area contributed by atoms with Crippen LogP contribution in [0.5, 0.6) is 0 Å². The third-order valence-corrected chi connectivity index (χ3v) is 10.4. The molecule has 0 radical (unpaired) electrons. The minimum Gasteiger partial charge on any atom is -0.389 e. The minimum absolute atomic E-state index is 0.0581. The van der Waals surface area contributed by atoms with Gasteiger partial charge in [0.25, 0.3) is 0 Å². The summed E-state index contributed by atoms with van der Waals surface area (Å²) in [6.07, 6.45) is 8.36. The van der Waals surface area contributed by atoms with Crippen molar-refractivity contribution < 1.29 is 19.8 Å². The van der Waals surface area contributed by atoms with E-state index in [2.05, 4.69) is 47.6 Å².